The summed E-state index contributed by atoms with van der Waals surface area (Å²) < 4.78 is 0. The van der Waals surface area contributed by atoms with Crippen LogP contribution >= 0.6 is 11.8 Å². The molecule has 0 aliphatic rings. The predicted molar refractivity (Wildman–Crippen MR) is 108 cm³/mol. The monoisotopic (exact) mass is 395 g/mol. The number of nitrogens with one attached hydrogen (secondary N) is 2. The second-order valence-electron chi connectivity index (χ2n) is 6.48. The number of rotatable bonds is 12. The number of hydrogen-bond donors (Lipinski definition) is 2. The molecule has 0 heterocycles. The molecule has 27 heavy (non-hydrogen) atoms. The molecule has 0 spiro atoms. The van der Waals surface area contributed by atoms with E-state index in [-0.39, 0.29) is 17.5 Å². The van der Waals surface area contributed by atoms with Gasteiger partial charge in [0.1, 0.15) is 6.04 Å². The third-order valence-corrected chi connectivity index (χ3v) is 5.33. The van der Waals surface area contributed by atoms with Crippen molar-refractivity contribution in [2.75, 3.05) is 12.3 Å². The van der Waals surface area contributed by atoms with Crippen molar-refractivity contribution in [3.8, 4) is 0 Å². The second kappa shape index (κ2) is 12.3. The van der Waals surface area contributed by atoms with Gasteiger partial charge in [0.2, 0.25) is 11.8 Å². The average Bonchev–Trinajstić information content (AvgIpc) is 2.65. The van der Waals surface area contributed by atoms with E-state index >= 15 is 0 Å². The second-order valence-corrected chi connectivity index (χ2v) is 7.57. The Bertz CT molecular complexity index is 639. The fraction of sp³-hybridized carbons (Fsp3) is 0.579. The van der Waals surface area contributed by atoms with E-state index in [9.17, 15) is 19.7 Å². The summed E-state index contributed by atoms with van der Waals surface area (Å²) in [5.74, 6) is 0.223. The van der Waals surface area contributed by atoms with Crippen LogP contribution in [0.3, 0.4) is 0 Å². The number of amides is 2. The molecule has 0 aromatic heterocycles. The largest absolute Gasteiger partial charge is 0.354 e. The molecule has 1 aromatic carbocycles. The number of carbonyl (C=O) groups is 2. The Labute approximate surface area is 164 Å². The molecular weight excluding hydrogens is 366 g/mol. The van der Waals surface area contributed by atoms with Gasteiger partial charge in [0, 0.05) is 36.2 Å². The van der Waals surface area contributed by atoms with E-state index in [1.807, 2.05) is 0 Å². The van der Waals surface area contributed by atoms with Crippen molar-refractivity contribution in [3.63, 3.8) is 0 Å². The third-order valence-electron chi connectivity index (χ3n) is 4.25. The lowest BCUT2D eigenvalue weighted by Gasteiger charge is -2.20. The van der Waals surface area contributed by atoms with Crippen LogP contribution in [0.5, 0.6) is 0 Å². The molecule has 0 saturated heterocycles. The fourth-order valence-corrected chi connectivity index (χ4v) is 3.58. The molecular formula is C19H29N3O4S. The number of non-ortho nitro benzene ring substituents is 1. The van der Waals surface area contributed by atoms with Crippen LogP contribution in [0.15, 0.2) is 29.2 Å². The van der Waals surface area contributed by atoms with E-state index in [0.717, 1.165) is 25.7 Å². The van der Waals surface area contributed by atoms with Crippen LogP contribution in [0.25, 0.3) is 0 Å². The van der Waals surface area contributed by atoms with E-state index in [1.165, 1.54) is 30.8 Å². The van der Waals surface area contributed by atoms with Crippen molar-refractivity contribution >= 4 is 29.3 Å². The maximum absolute atomic E-state index is 12.5. The average molecular weight is 396 g/mol. The van der Waals surface area contributed by atoms with Crippen LogP contribution in [-0.2, 0) is 9.59 Å². The molecule has 0 aliphatic carbocycles. The Kier molecular flexibility index (Phi) is 10.5. The Balaban J connectivity index is 2.66. The number of nitrogens with zero attached hydrogens (tertiary/aromatic N) is 1. The highest BCUT2D eigenvalue weighted by Crippen LogP contribution is 2.23. The fourth-order valence-electron chi connectivity index (χ4n) is 2.61. The van der Waals surface area contributed by atoms with Gasteiger partial charge < -0.3 is 10.6 Å². The molecule has 0 bridgehead atoms. The van der Waals surface area contributed by atoms with E-state index in [4.69, 9.17) is 0 Å². The molecule has 8 heteroatoms. The summed E-state index contributed by atoms with van der Waals surface area (Å²) in [6.07, 6.45) is 4.32. The van der Waals surface area contributed by atoms with Crippen LogP contribution in [-0.4, -0.2) is 35.1 Å². The van der Waals surface area contributed by atoms with Gasteiger partial charge in [-0.15, -0.1) is 11.8 Å². The maximum atomic E-state index is 12.5. The van der Waals surface area contributed by atoms with Crippen molar-refractivity contribution in [1.29, 1.82) is 0 Å². The minimum Gasteiger partial charge on any atom is -0.354 e. The number of benzene rings is 1. The number of unbranched alkanes of at least 4 members (excludes halogenated alkanes) is 1. The van der Waals surface area contributed by atoms with Crippen molar-refractivity contribution in [2.45, 2.75) is 57.4 Å². The van der Waals surface area contributed by atoms with Gasteiger partial charge in [-0.25, -0.2) is 0 Å². The van der Waals surface area contributed by atoms with E-state index < -0.39 is 11.0 Å². The zero-order chi connectivity index (χ0) is 20.2. The first-order valence-electron chi connectivity index (χ1n) is 9.29. The van der Waals surface area contributed by atoms with Gasteiger partial charge in [-0.3, -0.25) is 19.7 Å². The normalized spacial score (nSPS) is 12.9. The molecule has 1 rings (SSSR count). The van der Waals surface area contributed by atoms with Gasteiger partial charge in [-0.2, -0.15) is 0 Å². The summed E-state index contributed by atoms with van der Waals surface area (Å²) >= 11 is 1.30. The quantitative estimate of drug-likeness (QED) is 0.320. The Morgan fingerprint density at radius 3 is 2.63 bits per heavy atom. The standard InChI is InChI=1S/C19H29N3O4S/c1-4-6-8-15(5-2)12-20-19(24)18(21-14(3)23)13-27-17-10-7-9-16(11-17)22(25)26/h7,9-11,15,18H,4-6,8,12-13H2,1-3H3,(H,20,24)(H,21,23). The summed E-state index contributed by atoms with van der Waals surface area (Å²) in [5, 5.41) is 16.5. The summed E-state index contributed by atoms with van der Waals surface area (Å²) in [5.41, 5.74) is 0.00207. The van der Waals surface area contributed by atoms with Crippen LogP contribution in [0.1, 0.15) is 46.5 Å². The summed E-state index contributed by atoms with van der Waals surface area (Å²) in [7, 11) is 0. The van der Waals surface area contributed by atoms with Gasteiger partial charge in [-0.1, -0.05) is 39.2 Å². The molecule has 0 aliphatic heterocycles. The van der Waals surface area contributed by atoms with E-state index in [0.29, 0.717) is 23.1 Å². The third kappa shape index (κ3) is 8.90. The lowest BCUT2D eigenvalue weighted by molar-refractivity contribution is -0.385. The SMILES string of the molecule is CCCCC(CC)CNC(=O)C(CSc1cccc([N+](=O)[O-])c1)NC(C)=O. The number of carbonyl (C=O) groups excluding carboxylic acids is 2. The summed E-state index contributed by atoms with van der Waals surface area (Å²) in [6.45, 7) is 6.21. The molecule has 0 radical (unpaired) electrons. The van der Waals surface area contributed by atoms with Gasteiger partial charge in [0.05, 0.1) is 4.92 Å². The highest BCUT2D eigenvalue weighted by molar-refractivity contribution is 7.99. The molecule has 0 fully saturated rings. The van der Waals surface area contributed by atoms with Crippen LogP contribution in [0.4, 0.5) is 5.69 Å². The van der Waals surface area contributed by atoms with E-state index in [1.54, 1.807) is 12.1 Å². The number of hydrogen-bond acceptors (Lipinski definition) is 5. The highest BCUT2D eigenvalue weighted by atomic mass is 32.2. The molecule has 2 N–H and O–H groups in total. The minimum atomic E-state index is -0.685. The van der Waals surface area contributed by atoms with Crippen LogP contribution < -0.4 is 10.6 Å². The zero-order valence-electron chi connectivity index (χ0n) is 16.2. The molecule has 2 amide bonds. The molecule has 2 atom stereocenters. The highest BCUT2D eigenvalue weighted by Gasteiger charge is 2.21. The first kappa shape index (κ1) is 23.0. The number of nitro groups is 1. The first-order valence-corrected chi connectivity index (χ1v) is 10.3. The Hall–Kier alpha value is -2.09. The van der Waals surface area contributed by atoms with Crippen molar-refractivity contribution in [2.24, 2.45) is 5.92 Å². The first-order chi connectivity index (χ1) is 12.9. The lowest BCUT2D eigenvalue weighted by atomic mass is 9.99. The van der Waals surface area contributed by atoms with Crippen LogP contribution in [0.2, 0.25) is 0 Å². The molecule has 150 valence electrons. The lowest BCUT2D eigenvalue weighted by Crippen LogP contribution is -2.48. The van der Waals surface area contributed by atoms with Gasteiger partial charge in [-0.05, 0) is 18.4 Å². The minimum absolute atomic E-state index is 0.00207. The topological polar surface area (TPSA) is 101 Å². The summed E-state index contributed by atoms with van der Waals surface area (Å²) in [6, 6.07) is 5.55. The van der Waals surface area contributed by atoms with Crippen molar-refractivity contribution in [3.05, 3.63) is 34.4 Å². The van der Waals surface area contributed by atoms with Crippen molar-refractivity contribution < 1.29 is 14.5 Å². The van der Waals surface area contributed by atoms with Crippen LogP contribution in [0, 0.1) is 16.0 Å². The molecule has 1 aromatic rings. The molecule has 2 unspecified atom stereocenters. The van der Waals surface area contributed by atoms with Gasteiger partial charge in [0.15, 0.2) is 0 Å². The Morgan fingerprint density at radius 1 is 1.30 bits per heavy atom. The van der Waals surface area contributed by atoms with Gasteiger partial charge >= 0.3 is 0 Å². The molecule has 0 saturated carbocycles. The zero-order valence-corrected chi connectivity index (χ0v) is 17.0. The van der Waals surface area contributed by atoms with E-state index in [2.05, 4.69) is 24.5 Å². The number of thioether (sulfide) groups is 1. The Morgan fingerprint density at radius 2 is 2.04 bits per heavy atom. The predicted octanol–water partition coefficient (Wildman–Crippen LogP) is 3.52. The van der Waals surface area contributed by atoms with Crippen molar-refractivity contribution in [1.82, 2.24) is 10.6 Å². The smallest absolute Gasteiger partial charge is 0.270 e. The van der Waals surface area contributed by atoms with Gasteiger partial charge in [0.25, 0.3) is 5.69 Å². The molecule has 7 nitrogen and oxygen atoms in total. The summed E-state index contributed by atoms with van der Waals surface area (Å²) in [4.78, 5) is 35.1. The maximum Gasteiger partial charge on any atom is 0.270 e. The number of nitro benzene ring substituents is 1.